The van der Waals surface area contributed by atoms with E-state index in [2.05, 4.69) is 4.98 Å². The summed E-state index contributed by atoms with van der Waals surface area (Å²) in [7, 11) is -0.755. The lowest BCUT2D eigenvalue weighted by molar-refractivity contribution is -0.105. The molecule has 1 heterocycles. The van der Waals surface area contributed by atoms with Crippen LogP contribution in [-0.4, -0.2) is 27.6 Å². The fourth-order valence-electron chi connectivity index (χ4n) is 2.60. The number of pyridine rings is 1. The van der Waals surface area contributed by atoms with Crippen LogP contribution in [0.5, 0.6) is 0 Å². The minimum Gasteiger partial charge on any atom is -0.352 e. The molecule has 130 valence electrons. The Morgan fingerprint density at radius 3 is 2.32 bits per heavy atom. The van der Waals surface area contributed by atoms with Crippen molar-refractivity contribution < 1.29 is 22.3 Å². The highest BCUT2D eigenvalue weighted by molar-refractivity contribution is 7.91. The van der Waals surface area contributed by atoms with Crippen LogP contribution in [0.4, 0.5) is 4.39 Å². The fraction of sp³-hybridized carbons (Fsp3) is 0.167. The standard InChI is InChI=1S/C18H16FNO4S/c1-23-18(24-2)16-5-3-4-12-10-15(11-20-17(12)16)25(21,22)14-8-6-13(19)7-9-14/h3-11,18H,1-2H3. The van der Waals surface area contributed by atoms with Crippen molar-refractivity contribution in [1.29, 1.82) is 0 Å². The van der Waals surface area contributed by atoms with Gasteiger partial charge in [0.15, 0.2) is 6.29 Å². The molecule has 0 atom stereocenters. The number of rotatable bonds is 5. The van der Waals surface area contributed by atoms with Gasteiger partial charge in [0, 0.05) is 31.4 Å². The van der Waals surface area contributed by atoms with Crippen LogP contribution < -0.4 is 0 Å². The molecule has 0 N–H and O–H groups in total. The molecule has 5 nitrogen and oxygen atoms in total. The number of ether oxygens (including phenoxy) is 2. The molecule has 0 saturated heterocycles. The van der Waals surface area contributed by atoms with Crippen molar-refractivity contribution in [1.82, 2.24) is 4.98 Å². The second-order valence-corrected chi connectivity index (χ2v) is 7.30. The number of sulfone groups is 1. The second-order valence-electron chi connectivity index (χ2n) is 5.35. The highest BCUT2D eigenvalue weighted by Crippen LogP contribution is 2.28. The van der Waals surface area contributed by atoms with Crippen molar-refractivity contribution in [3.05, 3.63) is 66.1 Å². The molecule has 0 spiro atoms. The van der Waals surface area contributed by atoms with E-state index in [0.717, 1.165) is 12.1 Å². The largest absolute Gasteiger partial charge is 0.352 e. The van der Waals surface area contributed by atoms with Crippen LogP contribution in [0.15, 0.2) is 64.5 Å². The van der Waals surface area contributed by atoms with E-state index in [1.165, 1.54) is 38.6 Å². The summed E-state index contributed by atoms with van der Waals surface area (Å²) in [5.41, 5.74) is 1.29. The summed E-state index contributed by atoms with van der Waals surface area (Å²) in [6.07, 6.45) is 0.683. The van der Waals surface area contributed by atoms with Gasteiger partial charge >= 0.3 is 0 Å². The lowest BCUT2D eigenvalue weighted by Gasteiger charge is -2.15. The molecule has 3 aromatic rings. The smallest absolute Gasteiger partial charge is 0.208 e. The maximum atomic E-state index is 13.0. The van der Waals surface area contributed by atoms with E-state index in [4.69, 9.17) is 9.47 Å². The summed E-state index contributed by atoms with van der Waals surface area (Å²) in [6.45, 7) is 0. The van der Waals surface area contributed by atoms with Crippen molar-refractivity contribution in [2.45, 2.75) is 16.1 Å². The van der Waals surface area contributed by atoms with Gasteiger partial charge in [0.1, 0.15) is 5.82 Å². The molecule has 2 aromatic carbocycles. The van der Waals surface area contributed by atoms with Crippen molar-refractivity contribution in [3.63, 3.8) is 0 Å². The number of fused-ring (bicyclic) bond motifs is 1. The van der Waals surface area contributed by atoms with Crippen molar-refractivity contribution in [2.75, 3.05) is 14.2 Å². The van der Waals surface area contributed by atoms with E-state index in [1.54, 1.807) is 18.2 Å². The van der Waals surface area contributed by atoms with E-state index in [-0.39, 0.29) is 9.79 Å². The monoisotopic (exact) mass is 361 g/mol. The van der Waals surface area contributed by atoms with Crippen molar-refractivity contribution in [3.8, 4) is 0 Å². The number of halogens is 1. The SMILES string of the molecule is COC(OC)c1cccc2cc(S(=O)(=O)c3ccc(F)cc3)cnc12. The highest BCUT2D eigenvalue weighted by atomic mass is 32.2. The molecule has 0 bridgehead atoms. The van der Waals surface area contributed by atoms with Crippen LogP contribution in [0.25, 0.3) is 10.9 Å². The lowest BCUT2D eigenvalue weighted by Crippen LogP contribution is -2.06. The Kier molecular flexibility index (Phi) is 4.80. The normalized spacial score (nSPS) is 12.0. The quantitative estimate of drug-likeness (QED) is 0.514. The van der Waals surface area contributed by atoms with Crippen LogP contribution in [0.3, 0.4) is 0 Å². The van der Waals surface area contributed by atoms with Gasteiger partial charge in [0.25, 0.3) is 0 Å². The van der Waals surface area contributed by atoms with Gasteiger partial charge in [-0.25, -0.2) is 12.8 Å². The Balaban J connectivity index is 2.12. The highest BCUT2D eigenvalue weighted by Gasteiger charge is 2.20. The van der Waals surface area contributed by atoms with Gasteiger partial charge in [-0.05, 0) is 30.3 Å². The third-order valence-corrected chi connectivity index (χ3v) is 5.57. The Hall–Kier alpha value is -2.35. The zero-order valence-corrected chi connectivity index (χ0v) is 14.5. The molecule has 7 heteroatoms. The summed E-state index contributed by atoms with van der Waals surface area (Å²) in [4.78, 5) is 4.34. The van der Waals surface area contributed by atoms with E-state index in [0.29, 0.717) is 16.5 Å². The first-order valence-corrected chi connectivity index (χ1v) is 8.90. The topological polar surface area (TPSA) is 65.5 Å². The molecule has 0 aliphatic carbocycles. The van der Waals surface area contributed by atoms with E-state index < -0.39 is 21.9 Å². The fourth-order valence-corrected chi connectivity index (χ4v) is 3.84. The van der Waals surface area contributed by atoms with Crippen LogP contribution in [-0.2, 0) is 19.3 Å². The number of methoxy groups -OCH3 is 2. The molecule has 1 aromatic heterocycles. The van der Waals surface area contributed by atoms with Crippen molar-refractivity contribution >= 4 is 20.7 Å². The summed E-state index contributed by atoms with van der Waals surface area (Å²) in [5.74, 6) is -0.495. The van der Waals surface area contributed by atoms with Gasteiger partial charge in [-0.1, -0.05) is 18.2 Å². The molecule has 0 fully saturated rings. The molecule has 0 unspecified atom stereocenters. The lowest BCUT2D eigenvalue weighted by atomic mass is 10.1. The van der Waals surface area contributed by atoms with Gasteiger partial charge < -0.3 is 9.47 Å². The maximum Gasteiger partial charge on any atom is 0.208 e. The minimum absolute atomic E-state index is 0.0119. The Morgan fingerprint density at radius 2 is 1.68 bits per heavy atom. The predicted molar refractivity (Wildman–Crippen MR) is 90.4 cm³/mol. The van der Waals surface area contributed by atoms with Crippen LogP contribution in [0.2, 0.25) is 0 Å². The molecule has 0 radical (unpaired) electrons. The van der Waals surface area contributed by atoms with Gasteiger partial charge in [-0.15, -0.1) is 0 Å². The van der Waals surface area contributed by atoms with E-state index >= 15 is 0 Å². The summed E-state index contributed by atoms with van der Waals surface area (Å²) in [6, 6.07) is 11.6. The van der Waals surface area contributed by atoms with Gasteiger partial charge in [-0.2, -0.15) is 0 Å². The Bertz CT molecular complexity index is 999. The van der Waals surface area contributed by atoms with Crippen molar-refractivity contribution in [2.24, 2.45) is 0 Å². The molecule has 0 aliphatic rings. The maximum absolute atomic E-state index is 13.0. The van der Waals surface area contributed by atoms with E-state index in [1.807, 2.05) is 0 Å². The second kappa shape index (κ2) is 6.87. The zero-order chi connectivity index (χ0) is 18.0. The number of aromatic nitrogens is 1. The molecule has 0 aliphatic heterocycles. The molecule has 25 heavy (non-hydrogen) atoms. The first-order valence-electron chi connectivity index (χ1n) is 7.42. The number of hydrogen-bond donors (Lipinski definition) is 0. The third-order valence-electron chi connectivity index (χ3n) is 3.83. The zero-order valence-electron chi connectivity index (χ0n) is 13.6. The van der Waals surface area contributed by atoms with Crippen LogP contribution in [0, 0.1) is 5.82 Å². The average Bonchev–Trinajstić information content (AvgIpc) is 2.63. The van der Waals surface area contributed by atoms with Gasteiger partial charge in [-0.3, -0.25) is 4.98 Å². The summed E-state index contributed by atoms with van der Waals surface area (Å²) >= 11 is 0. The molecular formula is C18H16FNO4S. The molecule has 0 amide bonds. The van der Waals surface area contributed by atoms with Gasteiger partial charge in [0.05, 0.1) is 15.3 Å². The minimum atomic E-state index is -3.78. The third kappa shape index (κ3) is 3.26. The molecular weight excluding hydrogens is 345 g/mol. The first kappa shape index (κ1) is 17.5. The predicted octanol–water partition coefficient (Wildman–Crippen LogP) is 3.50. The first-order chi connectivity index (χ1) is 12.0. The van der Waals surface area contributed by atoms with Crippen LogP contribution in [0.1, 0.15) is 11.9 Å². The molecule has 3 rings (SSSR count). The number of nitrogens with zero attached hydrogens (tertiary/aromatic N) is 1. The molecule has 0 saturated carbocycles. The summed E-state index contributed by atoms with van der Waals surface area (Å²) in [5, 5.41) is 0.639. The Morgan fingerprint density at radius 1 is 1.00 bits per heavy atom. The van der Waals surface area contributed by atoms with E-state index in [9.17, 15) is 12.8 Å². The number of benzene rings is 2. The van der Waals surface area contributed by atoms with Crippen LogP contribution >= 0.6 is 0 Å². The Labute approximate surface area is 145 Å². The number of hydrogen-bond acceptors (Lipinski definition) is 5. The number of para-hydroxylation sites is 1. The van der Waals surface area contributed by atoms with Gasteiger partial charge in [0.2, 0.25) is 9.84 Å². The summed E-state index contributed by atoms with van der Waals surface area (Å²) < 4.78 is 49.0. The average molecular weight is 361 g/mol.